The lowest BCUT2D eigenvalue weighted by Crippen LogP contribution is -2.23. The highest BCUT2D eigenvalue weighted by Crippen LogP contribution is 2.34. The van der Waals surface area contributed by atoms with E-state index in [1.54, 1.807) is 13.1 Å². The number of hydrogen-bond donors (Lipinski definition) is 3. The van der Waals surface area contributed by atoms with E-state index < -0.39 is 5.97 Å². The van der Waals surface area contributed by atoms with Gasteiger partial charge >= 0.3 is 5.97 Å². The summed E-state index contributed by atoms with van der Waals surface area (Å²) in [6.45, 7) is 2.07. The maximum atomic E-state index is 11.8. The van der Waals surface area contributed by atoms with Gasteiger partial charge in [-0.2, -0.15) is 5.10 Å². The fraction of sp³-hybridized carbons (Fsp3) is 0.154. The lowest BCUT2D eigenvalue weighted by atomic mass is 10.1. The van der Waals surface area contributed by atoms with Gasteiger partial charge in [-0.15, -0.1) is 11.3 Å². The number of ether oxygens (including phenoxy) is 1. The summed E-state index contributed by atoms with van der Waals surface area (Å²) >= 11 is 5.96. The van der Waals surface area contributed by atoms with Crippen molar-refractivity contribution in [2.24, 2.45) is 10.8 Å². The molecule has 110 valence electrons. The molecule has 0 saturated carbocycles. The average molecular weight is 322 g/mol. The lowest BCUT2D eigenvalue weighted by molar-refractivity contribution is 0.0533. The first-order chi connectivity index (χ1) is 10.0. The van der Waals surface area contributed by atoms with Crippen molar-refractivity contribution in [2.75, 3.05) is 12.3 Å². The van der Waals surface area contributed by atoms with Crippen LogP contribution in [-0.4, -0.2) is 23.9 Å². The minimum absolute atomic E-state index is 0.0898. The number of nitrogens with zero attached hydrogens (tertiary/aromatic N) is 1. The highest BCUT2D eigenvalue weighted by Gasteiger charge is 2.17. The molecule has 0 amide bonds. The van der Waals surface area contributed by atoms with Crippen LogP contribution in [0.2, 0.25) is 0 Å². The normalized spacial score (nSPS) is 10.9. The van der Waals surface area contributed by atoms with Crippen LogP contribution in [0.25, 0.3) is 10.1 Å². The van der Waals surface area contributed by atoms with E-state index in [0.717, 1.165) is 15.6 Å². The van der Waals surface area contributed by atoms with Crippen molar-refractivity contribution in [3.63, 3.8) is 0 Å². The number of hydrogen-bond acceptors (Lipinski definition) is 6. The molecule has 0 bridgehead atoms. The first kappa shape index (κ1) is 15.2. The molecule has 2 aromatic rings. The number of fused-ring (bicyclic) bond motifs is 1. The van der Waals surface area contributed by atoms with Gasteiger partial charge in [-0.1, -0.05) is 6.07 Å². The number of nitrogen functional groups attached to an aromatic ring is 1. The Labute approximate surface area is 130 Å². The van der Waals surface area contributed by atoms with Crippen molar-refractivity contribution in [2.45, 2.75) is 6.92 Å². The molecule has 0 unspecified atom stereocenters. The SMILES string of the molecule is CCOC(=O)c1sc2ccc(C=NNC(N)=S)cc2c1N. The van der Waals surface area contributed by atoms with Gasteiger partial charge in [-0.3, -0.25) is 5.43 Å². The zero-order chi connectivity index (χ0) is 15.4. The van der Waals surface area contributed by atoms with Crippen LogP contribution in [-0.2, 0) is 4.74 Å². The molecule has 5 N–H and O–H groups in total. The largest absolute Gasteiger partial charge is 0.462 e. The standard InChI is InChI=1S/C13H14N4O2S2/c1-2-19-12(18)11-10(14)8-5-7(3-4-9(8)21-11)6-16-17-13(15)20/h3-6H,2,14H2,1H3,(H3,15,17,20). The van der Waals surface area contributed by atoms with Crippen LogP contribution in [0.3, 0.4) is 0 Å². The fourth-order valence-electron chi connectivity index (χ4n) is 1.73. The minimum Gasteiger partial charge on any atom is -0.462 e. The summed E-state index contributed by atoms with van der Waals surface area (Å²) in [5, 5.41) is 4.76. The first-order valence-electron chi connectivity index (χ1n) is 6.10. The molecule has 6 nitrogen and oxygen atoms in total. The average Bonchev–Trinajstić information content (AvgIpc) is 2.76. The van der Waals surface area contributed by atoms with E-state index in [1.165, 1.54) is 11.3 Å². The molecule has 0 atom stereocenters. The van der Waals surface area contributed by atoms with Gasteiger partial charge in [0.05, 0.1) is 18.5 Å². The van der Waals surface area contributed by atoms with Crippen LogP contribution in [0.5, 0.6) is 0 Å². The van der Waals surface area contributed by atoms with E-state index in [4.69, 9.17) is 16.2 Å². The van der Waals surface area contributed by atoms with Crippen LogP contribution in [0, 0.1) is 0 Å². The predicted octanol–water partition coefficient (Wildman–Crippen LogP) is 1.83. The number of thiophene rings is 1. The van der Waals surface area contributed by atoms with Crippen molar-refractivity contribution >= 4 is 56.6 Å². The Morgan fingerprint density at radius 2 is 2.33 bits per heavy atom. The van der Waals surface area contributed by atoms with Crippen LogP contribution >= 0.6 is 23.6 Å². The summed E-state index contributed by atoms with van der Waals surface area (Å²) < 4.78 is 5.90. The third-order valence-electron chi connectivity index (χ3n) is 2.60. The number of carbonyl (C=O) groups excluding carboxylic acids is 1. The Morgan fingerprint density at radius 1 is 1.57 bits per heavy atom. The minimum atomic E-state index is -0.401. The molecule has 0 saturated heterocycles. The fourth-order valence-corrected chi connectivity index (χ4v) is 2.78. The van der Waals surface area contributed by atoms with Gasteiger partial charge in [-0.25, -0.2) is 4.79 Å². The van der Waals surface area contributed by atoms with Crippen molar-refractivity contribution in [3.8, 4) is 0 Å². The number of esters is 1. The first-order valence-corrected chi connectivity index (χ1v) is 7.33. The van der Waals surface area contributed by atoms with Gasteiger partial charge in [0, 0.05) is 10.1 Å². The van der Waals surface area contributed by atoms with Crippen LogP contribution in [0.15, 0.2) is 23.3 Å². The molecule has 8 heteroatoms. The van der Waals surface area contributed by atoms with E-state index >= 15 is 0 Å². The Balaban J connectivity index is 2.35. The monoisotopic (exact) mass is 322 g/mol. The molecule has 2 rings (SSSR count). The molecule has 0 radical (unpaired) electrons. The summed E-state index contributed by atoms with van der Waals surface area (Å²) in [5.74, 6) is -0.401. The summed E-state index contributed by atoms with van der Waals surface area (Å²) in [6.07, 6.45) is 1.57. The van der Waals surface area contributed by atoms with Gasteiger partial charge in [-0.05, 0) is 36.8 Å². The zero-order valence-corrected chi connectivity index (χ0v) is 12.9. The van der Waals surface area contributed by atoms with Gasteiger partial charge < -0.3 is 16.2 Å². The maximum absolute atomic E-state index is 11.8. The Kier molecular flexibility index (Phi) is 4.71. The second-order valence-corrected chi connectivity index (χ2v) is 5.55. The second-order valence-electron chi connectivity index (χ2n) is 4.06. The summed E-state index contributed by atoms with van der Waals surface area (Å²) in [7, 11) is 0. The molecule has 1 heterocycles. The van der Waals surface area contributed by atoms with Gasteiger partial charge in [0.15, 0.2) is 5.11 Å². The molecular formula is C13H14N4O2S2. The van der Waals surface area contributed by atoms with Gasteiger partial charge in [0.1, 0.15) is 4.88 Å². The lowest BCUT2D eigenvalue weighted by Gasteiger charge is -1.99. The van der Waals surface area contributed by atoms with Gasteiger partial charge in [0.2, 0.25) is 0 Å². The molecule has 21 heavy (non-hydrogen) atoms. The number of nitrogens with one attached hydrogen (secondary N) is 1. The molecule has 0 fully saturated rings. The second kappa shape index (κ2) is 6.51. The van der Waals surface area contributed by atoms with E-state index in [9.17, 15) is 4.79 Å². The highest BCUT2D eigenvalue weighted by molar-refractivity contribution is 7.80. The Morgan fingerprint density at radius 3 is 3.00 bits per heavy atom. The van der Waals surface area contributed by atoms with Crippen LogP contribution in [0.1, 0.15) is 22.2 Å². The molecule has 0 spiro atoms. The zero-order valence-electron chi connectivity index (χ0n) is 11.3. The highest BCUT2D eigenvalue weighted by atomic mass is 32.1. The quantitative estimate of drug-likeness (QED) is 0.343. The summed E-state index contributed by atoms with van der Waals surface area (Å²) in [4.78, 5) is 12.2. The van der Waals surface area contributed by atoms with E-state index in [-0.39, 0.29) is 5.11 Å². The van der Waals surface area contributed by atoms with E-state index in [2.05, 4.69) is 22.7 Å². The Hall–Kier alpha value is -2.19. The number of anilines is 1. The predicted molar refractivity (Wildman–Crippen MR) is 89.7 cm³/mol. The number of nitrogens with two attached hydrogens (primary N) is 2. The summed E-state index contributed by atoms with van der Waals surface area (Å²) in [6, 6.07) is 5.58. The third kappa shape index (κ3) is 3.47. The number of thiocarbonyl (C=S) groups is 1. The van der Waals surface area contributed by atoms with Crippen LogP contribution in [0.4, 0.5) is 5.69 Å². The smallest absolute Gasteiger partial charge is 0.350 e. The van der Waals surface area contributed by atoms with Crippen molar-refractivity contribution in [1.29, 1.82) is 0 Å². The van der Waals surface area contributed by atoms with Crippen molar-refractivity contribution < 1.29 is 9.53 Å². The molecule has 0 aliphatic heterocycles. The molecule has 0 aliphatic carbocycles. The van der Waals surface area contributed by atoms with E-state index in [0.29, 0.717) is 17.2 Å². The van der Waals surface area contributed by atoms with Crippen molar-refractivity contribution in [1.82, 2.24) is 5.43 Å². The number of carbonyl (C=O) groups is 1. The number of rotatable bonds is 4. The molecule has 1 aromatic heterocycles. The van der Waals surface area contributed by atoms with Crippen LogP contribution < -0.4 is 16.9 Å². The number of hydrazone groups is 1. The Bertz CT molecular complexity index is 724. The third-order valence-corrected chi connectivity index (χ3v) is 3.86. The molecule has 1 aromatic carbocycles. The molecular weight excluding hydrogens is 308 g/mol. The van der Waals surface area contributed by atoms with Crippen molar-refractivity contribution in [3.05, 3.63) is 28.6 Å². The maximum Gasteiger partial charge on any atom is 0.350 e. The van der Waals surface area contributed by atoms with Gasteiger partial charge in [0.25, 0.3) is 0 Å². The molecule has 0 aliphatic rings. The topological polar surface area (TPSA) is 103 Å². The van der Waals surface area contributed by atoms with E-state index in [1.807, 2.05) is 18.2 Å². The number of benzene rings is 1. The summed E-state index contributed by atoms with van der Waals surface area (Å²) in [5.41, 5.74) is 15.0.